The number of carbonyl (C=O) groups is 2. The van der Waals surface area contributed by atoms with Gasteiger partial charge in [-0.2, -0.15) is 0 Å². The minimum absolute atomic E-state index is 0.0811. The van der Waals surface area contributed by atoms with Gasteiger partial charge in [0.2, 0.25) is 5.91 Å². The molecule has 1 atom stereocenters. The van der Waals surface area contributed by atoms with Gasteiger partial charge in [-0.05, 0) is 23.6 Å². The van der Waals surface area contributed by atoms with E-state index in [2.05, 4.69) is 0 Å². The highest BCUT2D eigenvalue weighted by molar-refractivity contribution is 6.32. The van der Waals surface area contributed by atoms with E-state index in [1.54, 1.807) is 29.2 Å². The van der Waals surface area contributed by atoms with Crippen molar-refractivity contribution in [3.05, 3.63) is 71.8 Å². The number of hydrogen-bond donors (Lipinski definition) is 0. The summed E-state index contributed by atoms with van der Waals surface area (Å²) in [6.07, 6.45) is 0.131. The van der Waals surface area contributed by atoms with E-state index < -0.39 is 11.9 Å². The monoisotopic (exact) mass is 365 g/mol. The molecule has 3 aromatic carbocycles. The first-order chi connectivity index (χ1) is 12.6. The largest absolute Gasteiger partial charge is 0.425 e. The van der Waals surface area contributed by atoms with Crippen molar-refractivity contribution in [2.75, 3.05) is 11.4 Å². The predicted molar refractivity (Wildman–Crippen MR) is 101 cm³/mol. The second kappa shape index (κ2) is 6.81. The molecular weight excluding hydrogens is 350 g/mol. The lowest BCUT2D eigenvalue weighted by atomic mass is 10.1. The molecule has 1 saturated heterocycles. The number of carbonyl (C=O) groups excluding carboxylic acids is 2. The van der Waals surface area contributed by atoms with Crippen LogP contribution in [0.25, 0.3) is 10.8 Å². The van der Waals surface area contributed by atoms with Gasteiger partial charge in [0, 0.05) is 18.4 Å². The van der Waals surface area contributed by atoms with Crippen molar-refractivity contribution in [1.29, 1.82) is 0 Å². The number of benzene rings is 3. The highest BCUT2D eigenvalue weighted by Gasteiger charge is 2.37. The van der Waals surface area contributed by atoms with Crippen LogP contribution < -0.4 is 9.64 Å². The van der Waals surface area contributed by atoms with Gasteiger partial charge >= 0.3 is 5.97 Å². The van der Waals surface area contributed by atoms with E-state index in [-0.39, 0.29) is 12.3 Å². The summed E-state index contributed by atoms with van der Waals surface area (Å²) in [7, 11) is 0. The van der Waals surface area contributed by atoms with Crippen LogP contribution in [0.2, 0.25) is 5.02 Å². The van der Waals surface area contributed by atoms with Gasteiger partial charge in [0.25, 0.3) is 0 Å². The lowest BCUT2D eigenvalue weighted by molar-refractivity contribution is -0.139. The molecule has 0 unspecified atom stereocenters. The normalized spacial score (nSPS) is 16.9. The maximum absolute atomic E-state index is 12.5. The van der Waals surface area contributed by atoms with E-state index in [0.717, 1.165) is 16.5 Å². The van der Waals surface area contributed by atoms with Gasteiger partial charge in [0.1, 0.15) is 5.75 Å². The van der Waals surface area contributed by atoms with Gasteiger partial charge in [0.15, 0.2) is 0 Å². The Morgan fingerprint density at radius 3 is 2.58 bits per heavy atom. The summed E-state index contributed by atoms with van der Waals surface area (Å²) < 4.78 is 5.40. The van der Waals surface area contributed by atoms with Gasteiger partial charge < -0.3 is 9.64 Å². The van der Waals surface area contributed by atoms with E-state index in [1.165, 1.54) is 0 Å². The van der Waals surface area contributed by atoms with Crippen LogP contribution in [-0.2, 0) is 9.59 Å². The second-order valence-electron chi connectivity index (χ2n) is 6.26. The number of anilines is 1. The van der Waals surface area contributed by atoms with Crippen LogP contribution in [0.15, 0.2) is 66.7 Å². The van der Waals surface area contributed by atoms with Crippen LogP contribution in [0.1, 0.15) is 6.42 Å². The SMILES string of the molecule is O=C(Oc1ccccc1Cl)[C@@H]1CC(=O)N(c2cccc3ccccc23)C1. The number of amides is 1. The molecule has 0 aliphatic carbocycles. The van der Waals surface area contributed by atoms with Crippen LogP contribution in [0, 0.1) is 5.92 Å². The Bertz CT molecular complexity index is 996. The van der Waals surface area contributed by atoms with Gasteiger partial charge in [-0.3, -0.25) is 9.59 Å². The number of fused-ring (bicyclic) bond motifs is 1. The van der Waals surface area contributed by atoms with E-state index >= 15 is 0 Å². The Balaban J connectivity index is 1.57. The van der Waals surface area contributed by atoms with Crippen molar-refractivity contribution in [3.8, 4) is 5.75 Å². The molecule has 0 spiro atoms. The molecule has 1 aliphatic rings. The van der Waals surface area contributed by atoms with Crippen LogP contribution in [0.3, 0.4) is 0 Å². The molecule has 1 heterocycles. The quantitative estimate of drug-likeness (QED) is 0.509. The number of ether oxygens (including phenoxy) is 1. The third-order valence-corrected chi connectivity index (χ3v) is 4.88. The molecule has 5 heteroatoms. The molecular formula is C21H16ClNO3. The maximum Gasteiger partial charge on any atom is 0.316 e. The minimum Gasteiger partial charge on any atom is -0.425 e. The standard InChI is InChI=1S/C21H16ClNO3/c22-17-9-3-4-11-19(17)26-21(25)15-12-20(24)23(13-15)18-10-5-7-14-6-1-2-8-16(14)18/h1-11,15H,12-13H2/t15-/m1/s1. The van der Waals surface area contributed by atoms with Crippen molar-refractivity contribution in [3.63, 3.8) is 0 Å². The third kappa shape index (κ3) is 3.04. The van der Waals surface area contributed by atoms with E-state index in [4.69, 9.17) is 16.3 Å². The van der Waals surface area contributed by atoms with Gasteiger partial charge in [-0.25, -0.2) is 0 Å². The Morgan fingerprint density at radius 1 is 1.00 bits per heavy atom. The Morgan fingerprint density at radius 2 is 1.73 bits per heavy atom. The van der Waals surface area contributed by atoms with E-state index in [1.807, 2.05) is 42.5 Å². The molecule has 3 aromatic rings. The minimum atomic E-state index is -0.516. The maximum atomic E-state index is 12.5. The first kappa shape index (κ1) is 16.6. The molecule has 26 heavy (non-hydrogen) atoms. The van der Waals surface area contributed by atoms with Crippen LogP contribution in [-0.4, -0.2) is 18.4 Å². The van der Waals surface area contributed by atoms with Crippen molar-refractivity contribution in [2.24, 2.45) is 5.92 Å². The number of nitrogens with zero attached hydrogens (tertiary/aromatic N) is 1. The molecule has 0 radical (unpaired) electrons. The molecule has 0 saturated carbocycles. The third-order valence-electron chi connectivity index (χ3n) is 4.56. The smallest absolute Gasteiger partial charge is 0.316 e. The van der Waals surface area contributed by atoms with Gasteiger partial charge in [0.05, 0.1) is 16.6 Å². The number of para-hydroxylation sites is 1. The molecule has 1 aliphatic heterocycles. The molecule has 1 amide bonds. The molecule has 0 N–H and O–H groups in total. The summed E-state index contributed by atoms with van der Waals surface area (Å²) in [6.45, 7) is 0.302. The van der Waals surface area contributed by atoms with E-state index in [0.29, 0.717) is 17.3 Å². The number of rotatable bonds is 3. The topological polar surface area (TPSA) is 46.6 Å². The van der Waals surface area contributed by atoms with Crippen LogP contribution in [0.4, 0.5) is 5.69 Å². The summed E-state index contributed by atoms with van der Waals surface area (Å²) in [5.74, 6) is -0.718. The second-order valence-corrected chi connectivity index (χ2v) is 6.66. The fourth-order valence-corrected chi connectivity index (χ4v) is 3.44. The van der Waals surface area contributed by atoms with Crippen molar-refractivity contribution in [1.82, 2.24) is 0 Å². The van der Waals surface area contributed by atoms with Crippen molar-refractivity contribution >= 4 is 39.9 Å². The van der Waals surface area contributed by atoms with Crippen molar-refractivity contribution < 1.29 is 14.3 Å². The zero-order chi connectivity index (χ0) is 18.1. The van der Waals surface area contributed by atoms with Crippen LogP contribution in [0.5, 0.6) is 5.75 Å². The van der Waals surface area contributed by atoms with Gasteiger partial charge in [-0.1, -0.05) is 60.1 Å². The molecule has 4 nitrogen and oxygen atoms in total. The Kier molecular flexibility index (Phi) is 4.35. The van der Waals surface area contributed by atoms with Crippen LogP contribution >= 0.6 is 11.6 Å². The Hall–Kier alpha value is -2.85. The summed E-state index contributed by atoms with van der Waals surface area (Å²) in [5, 5.41) is 2.42. The predicted octanol–water partition coefficient (Wildman–Crippen LogP) is 4.45. The number of halogens is 1. The molecule has 0 bridgehead atoms. The average molecular weight is 366 g/mol. The zero-order valence-electron chi connectivity index (χ0n) is 13.9. The molecule has 0 aromatic heterocycles. The lowest BCUT2D eigenvalue weighted by Crippen LogP contribution is -2.27. The first-order valence-corrected chi connectivity index (χ1v) is 8.75. The number of esters is 1. The van der Waals surface area contributed by atoms with Crippen molar-refractivity contribution in [2.45, 2.75) is 6.42 Å². The van der Waals surface area contributed by atoms with E-state index in [9.17, 15) is 9.59 Å². The average Bonchev–Trinajstić information content (AvgIpc) is 3.05. The fourth-order valence-electron chi connectivity index (χ4n) is 3.26. The highest BCUT2D eigenvalue weighted by Crippen LogP contribution is 2.32. The fraction of sp³-hybridized carbons (Fsp3) is 0.143. The molecule has 1 fully saturated rings. The van der Waals surface area contributed by atoms with Gasteiger partial charge in [-0.15, -0.1) is 0 Å². The summed E-state index contributed by atoms with van der Waals surface area (Å²) >= 11 is 6.04. The summed E-state index contributed by atoms with van der Waals surface area (Å²) in [4.78, 5) is 26.7. The first-order valence-electron chi connectivity index (χ1n) is 8.38. The Labute approximate surface area is 155 Å². The summed E-state index contributed by atoms with van der Waals surface area (Å²) in [6, 6.07) is 20.5. The zero-order valence-corrected chi connectivity index (χ0v) is 14.6. The molecule has 4 rings (SSSR count). The molecule has 130 valence electrons. The number of hydrogen-bond acceptors (Lipinski definition) is 3. The lowest BCUT2D eigenvalue weighted by Gasteiger charge is -2.19. The summed E-state index contributed by atoms with van der Waals surface area (Å²) in [5.41, 5.74) is 0.821. The highest BCUT2D eigenvalue weighted by atomic mass is 35.5.